The second-order valence-corrected chi connectivity index (χ2v) is 8.59. The standard InChI is InChI=1S/C14H13Cl5/c15-12(7-3-1-4-8-12)11(14(17,18)19)13(16)9-5-2-6-10-13/h1-7,9,11H,8,10H2. The van der Waals surface area contributed by atoms with E-state index in [0.717, 1.165) is 0 Å². The Bertz CT molecular complexity index is 421. The summed E-state index contributed by atoms with van der Waals surface area (Å²) in [4.78, 5) is -1.62. The quantitative estimate of drug-likeness (QED) is 0.534. The van der Waals surface area contributed by atoms with Gasteiger partial charge in [0.1, 0.15) is 0 Å². The minimum Gasteiger partial charge on any atom is -0.114 e. The molecule has 0 fully saturated rings. The summed E-state index contributed by atoms with van der Waals surface area (Å²) < 4.78 is -1.56. The van der Waals surface area contributed by atoms with Crippen LogP contribution >= 0.6 is 58.0 Å². The topological polar surface area (TPSA) is 0 Å². The minimum absolute atomic E-state index is 0.553. The van der Waals surface area contributed by atoms with Gasteiger partial charge in [-0.05, 0) is 12.8 Å². The zero-order valence-corrected chi connectivity index (χ0v) is 13.8. The lowest BCUT2D eigenvalue weighted by Gasteiger charge is -2.46. The number of allylic oxidation sites excluding steroid dienone is 8. The molecule has 0 saturated heterocycles. The van der Waals surface area contributed by atoms with Gasteiger partial charge in [-0.3, -0.25) is 0 Å². The molecule has 0 radical (unpaired) electrons. The van der Waals surface area contributed by atoms with Gasteiger partial charge in [0.15, 0.2) is 3.79 Å². The van der Waals surface area contributed by atoms with Gasteiger partial charge < -0.3 is 0 Å². The lowest BCUT2D eigenvalue weighted by Crippen LogP contribution is -2.51. The maximum Gasteiger partial charge on any atom is 0.197 e. The monoisotopic (exact) mass is 356 g/mol. The molecule has 5 heteroatoms. The first-order valence-corrected chi connectivity index (χ1v) is 7.80. The Morgan fingerprint density at radius 2 is 1.21 bits per heavy atom. The predicted octanol–water partition coefficient (Wildman–Crippen LogP) is 5.96. The third-order valence-corrected chi connectivity index (χ3v) is 5.04. The van der Waals surface area contributed by atoms with Gasteiger partial charge >= 0.3 is 0 Å². The Morgan fingerprint density at radius 1 is 0.789 bits per heavy atom. The normalized spacial score (nSPS) is 35.6. The van der Waals surface area contributed by atoms with Crippen LogP contribution in [0.1, 0.15) is 12.8 Å². The fraction of sp³-hybridized carbons (Fsp3) is 0.429. The summed E-state index contributed by atoms with van der Waals surface area (Å²) in [6.45, 7) is 0. The second-order valence-electron chi connectivity index (χ2n) is 4.81. The van der Waals surface area contributed by atoms with Crippen molar-refractivity contribution in [2.24, 2.45) is 5.92 Å². The average Bonchev–Trinajstić information content (AvgIpc) is 2.27. The van der Waals surface area contributed by atoms with Crippen molar-refractivity contribution >= 4 is 58.0 Å². The molecule has 0 amide bonds. The molecular weight excluding hydrogens is 345 g/mol. The third kappa shape index (κ3) is 3.36. The fourth-order valence-corrected chi connectivity index (χ4v) is 5.19. The Labute approximate surface area is 138 Å². The molecule has 2 aliphatic carbocycles. The molecular formula is C14H13Cl5. The van der Waals surface area contributed by atoms with E-state index in [-0.39, 0.29) is 0 Å². The van der Waals surface area contributed by atoms with Gasteiger partial charge in [-0.15, -0.1) is 23.2 Å². The van der Waals surface area contributed by atoms with Crippen LogP contribution in [0.2, 0.25) is 0 Å². The van der Waals surface area contributed by atoms with Crippen molar-refractivity contribution in [1.82, 2.24) is 0 Å². The summed E-state index contributed by atoms with van der Waals surface area (Å²) >= 11 is 32.0. The zero-order valence-electron chi connectivity index (χ0n) is 10.0. The first-order chi connectivity index (χ1) is 8.78. The number of hydrogen-bond donors (Lipinski definition) is 0. The van der Waals surface area contributed by atoms with E-state index in [1.165, 1.54) is 0 Å². The third-order valence-electron chi connectivity index (χ3n) is 3.39. The van der Waals surface area contributed by atoms with Gasteiger partial charge in [-0.1, -0.05) is 83.4 Å². The summed E-state index contributed by atoms with van der Waals surface area (Å²) in [6, 6.07) is 0. The van der Waals surface area contributed by atoms with Gasteiger partial charge in [0, 0.05) is 0 Å². The van der Waals surface area contributed by atoms with Crippen LogP contribution in [0.25, 0.3) is 0 Å². The Balaban J connectivity index is 2.43. The van der Waals surface area contributed by atoms with Crippen molar-refractivity contribution in [2.45, 2.75) is 26.4 Å². The van der Waals surface area contributed by atoms with Crippen LogP contribution in [-0.2, 0) is 0 Å². The fourth-order valence-electron chi connectivity index (χ4n) is 2.59. The number of halogens is 5. The van der Waals surface area contributed by atoms with E-state index in [1.54, 1.807) is 0 Å². The predicted molar refractivity (Wildman–Crippen MR) is 86.7 cm³/mol. The van der Waals surface area contributed by atoms with Crippen molar-refractivity contribution < 1.29 is 0 Å². The Morgan fingerprint density at radius 3 is 1.47 bits per heavy atom. The largest absolute Gasteiger partial charge is 0.197 e. The molecule has 0 heterocycles. The van der Waals surface area contributed by atoms with E-state index in [2.05, 4.69) is 0 Å². The zero-order chi connectivity index (χ0) is 14.1. The van der Waals surface area contributed by atoms with Gasteiger partial charge in [0.25, 0.3) is 0 Å². The first kappa shape index (κ1) is 15.8. The highest BCUT2D eigenvalue weighted by Crippen LogP contribution is 2.56. The van der Waals surface area contributed by atoms with Crippen LogP contribution in [0, 0.1) is 5.92 Å². The first-order valence-electron chi connectivity index (χ1n) is 5.91. The molecule has 0 spiro atoms. The van der Waals surface area contributed by atoms with Crippen LogP contribution in [0.3, 0.4) is 0 Å². The SMILES string of the molecule is ClC(Cl)(Cl)C(C1(Cl)C=CC=CC1)C1(Cl)C=CC=CC1. The van der Waals surface area contributed by atoms with E-state index in [4.69, 9.17) is 58.0 Å². The minimum atomic E-state index is -1.56. The van der Waals surface area contributed by atoms with Crippen molar-refractivity contribution in [3.63, 3.8) is 0 Å². The van der Waals surface area contributed by atoms with Gasteiger partial charge in [-0.2, -0.15) is 0 Å². The van der Waals surface area contributed by atoms with Gasteiger partial charge in [0.2, 0.25) is 0 Å². The van der Waals surface area contributed by atoms with Gasteiger partial charge in [-0.25, -0.2) is 0 Å². The molecule has 0 bridgehead atoms. The lowest BCUT2D eigenvalue weighted by atomic mass is 9.75. The number of alkyl halides is 5. The molecule has 0 saturated carbocycles. The summed E-state index contributed by atoms with van der Waals surface area (Å²) in [7, 11) is 0. The molecule has 2 rings (SSSR count). The van der Waals surface area contributed by atoms with Crippen molar-refractivity contribution in [3.05, 3.63) is 48.6 Å². The van der Waals surface area contributed by atoms with Crippen molar-refractivity contribution in [3.8, 4) is 0 Å². The molecule has 2 unspecified atom stereocenters. The molecule has 2 aliphatic rings. The van der Waals surface area contributed by atoms with Crippen molar-refractivity contribution in [2.75, 3.05) is 0 Å². The highest BCUT2D eigenvalue weighted by Gasteiger charge is 2.56. The Kier molecular flexibility index (Phi) is 4.70. The molecule has 19 heavy (non-hydrogen) atoms. The van der Waals surface area contributed by atoms with E-state index in [1.807, 2.05) is 48.6 Å². The van der Waals surface area contributed by atoms with E-state index >= 15 is 0 Å². The van der Waals surface area contributed by atoms with Crippen LogP contribution < -0.4 is 0 Å². The molecule has 0 aromatic heterocycles. The van der Waals surface area contributed by atoms with E-state index < -0.39 is 19.5 Å². The summed E-state index contributed by atoms with van der Waals surface area (Å²) in [5.41, 5.74) is 0. The molecule has 0 aliphatic heterocycles. The maximum absolute atomic E-state index is 6.71. The molecule has 0 nitrogen and oxygen atoms in total. The van der Waals surface area contributed by atoms with Crippen LogP contribution in [-0.4, -0.2) is 13.5 Å². The molecule has 2 atom stereocenters. The van der Waals surface area contributed by atoms with Gasteiger partial charge in [0.05, 0.1) is 15.7 Å². The summed E-state index contributed by atoms with van der Waals surface area (Å²) in [6.07, 6.45) is 16.4. The number of hydrogen-bond acceptors (Lipinski definition) is 0. The number of rotatable bonds is 2. The summed E-state index contributed by atoms with van der Waals surface area (Å²) in [5.74, 6) is -0.553. The highest BCUT2D eigenvalue weighted by molar-refractivity contribution is 6.68. The van der Waals surface area contributed by atoms with E-state index in [0.29, 0.717) is 12.8 Å². The maximum atomic E-state index is 6.71. The summed E-state index contributed by atoms with van der Waals surface area (Å²) in [5, 5.41) is 0. The second kappa shape index (κ2) is 5.66. The van der Waals surface area contributed by atoms with Crippen LogP contribution in [0.5, 0.6) is 0 Å². The molecule has 104 valence electrons. The average molecular weight is 359 g/mol. The van der Waals surface area contributed by atoms with E-state index in [9.17, 15) is 0 Å². The van der Waals surface area contributed by atoms with Crippen LogP contribution in [0.15, 0.2) is 48.6 Å². The molecule has 0 aromatic rings. The molecule has 0 N–H and O–H groups in total. The molecule has 0 aromatic carbocycles. The smallest absolute Gasteiger partial charge is 0.114 e. The van der Waals surface area contributed by atoms with Crippen molar-refractivity contribution in [1.29, 1.82) is 0 Å². The lowest BCUT2D eigenvalue weighted by molar-refractivity contribution is 0.354. The highest BCUT2D eigenvalue weighted by atomic mass is 35.6. The Hall–Kier alpha value is 0.410. The van der Waals surface area contributed by atoms with Crippen LogP contribution in [0.4, 0.5) is 0 Å².